The van der Waals surface area contributed by atoms with Gasteiger partial charge >= 0.3 is 0 Å². The zero-order chi connectivity index (χ0) is 16.8. The van der Waals surface area contributed by atoms with Crippen molar-refractivity contribution in [1.82, 2.24) is 4.90 Å². The van der Waals surface area contributed by atoms with Crippen LogP contribution in [0.5, 0.6) is 5.75 Å². The van der Waals surface area contributed by atoms with Gasteiger partial charge in [0.1, 0.15) is 12.4 Å². The number of aliphatic imine (C=N–C) groups is 1. The van der Waals surface area contributed by atoms with Crippen LogP contribution in [0.15, 0.2) is 46.8 Å². The van der Waals surface area contributed by atoms with Crippen molar-refractivity contribution >= 4 is 28.9 Å². The zero-order valence-electron chi connectivity index (χ0n) is 13.7. The molecule has 1 saturated heterocycles. The highest BCUT2D eigenvalue weighted by molar-refractivity contribution is 8.18. The molecule has 0 aliphatic carbocycles. The summed E-state index contributed by atoms with van der Waals surface area (Å²) in [7, 11) is 0. The van der Waals surface area contributed by atoms with Gasteiger partial charge in [-0.2, -0.15) is 4.99 Å². The molecule has 2 aliphatic rings. The van der Waals surface area contributed by atoms with Crippen LogP contribution in [0.3, 0.4) is 0 Å². The van der Waals surface area contributed by atoms with Crippen molar-refractivity contribution < 1.29 is 9.53 Å². The summed E-state index contributed by atoms with van der Waals surface area (Å²) in [4.78, 5) is 19.5. The van der Waals surface area contributed by atoms with E-state index in [0.29, 0.717) is 11.5 Å². The highest BCUT2D eigenvalue weighted by Gasteiger charge is 2.26. The summed E-state index contributed by atoms with van der Waals surface area (Å²) in [6, 6.07) is 7.71. The second-order valence-corrected chi connectivity index (χ2v) is 6.86. The number of likely N-dealkylation sites (tertiary alicyclic amines) is 1. The van der Waals surface area contributed by atoms with Gasteiger partial charge in [-0.3, -0.25) is 4.79 Å². The lowest BCUT2D eigenvalue weighted by atomic mass is 10.2. The van der Waals surface area contributed by atoms with Gasteiger partial charge in [-0.1, -0.05) is 43.7 Å². The minimum Gasteiger partial charge on any atom is -0.489 e. The normalized spacial score (nSPS) is 20.0. The van der Waals surface area contributed by atoms with Crippen molar-refractivity contribution in [3.05, 3.63) is 47.4 Å². The van der Waals surface area contributed by atoms with Gasteiger partial charge in [0.25, 0.3) is 5.91 Å². The number of rotatable bonds is 4. The molecule has 1 fully saturated rings. The van der Waals surface area contributed by atoms with Crippen molar-refractivity contribution in [3.63, 3.8) is 0 Å². The minimum absolute atomic E-state index is 0.155. The number of hydrogen-bond acceptors (Lipinski definition) is 4. The molecule has 0 atom stereocenters. The fourth-order valence-electron chi connectivity index (χ4n) is 2.82. The largest absolute Gasteiger partial charge is 0.489 e. The molecule has 1 amide bonds. The third-order valence-corrected chi connectivity index (χ3v) is 5.09. The quantitative estimate of drug-likeness (QED) is 0.610. The monoisotopic (exact) mass is 342 g/mol. The molecule has 126 valence electrons. The van der Waals surface area contributed by atoms with Crippen LogP contribution in [0.1, 0.15) is 31.2 Å². The number of thioether (sulfide) groups is 1. The summed E-state index contributed by atoms with van der Waals surface area (Å²) in [5.41, 5.74) is 0.891. The van der Waals surface area contributed by atoms with E-state index in [1.165, 1.54) is 37.4 Å². The predicted octanol–water partition coefficient (Wildman–Crippen LogP) is 4.10. The van der Waals surface area contributed by atoms with Crippen LogP contribution in [0.25, 0.3) is 6.08 Å². The molecule has 0 spiro atoms. The van der Waals surface area contributed by atoms with E-state index in [1.54, 1.807) is 6.08 Å². The van der Waals surface area contributed by atoms with Crippen LogP contribution >= 0.6 is 11.8 Å². The average Bonchev–Trinajstić information content (AvgIpc) is 2.80. The maximum absolute atomic E-state index is 12.3. The molecule has 5 heteroatoms. The van der Waals surface area contributed by atoms with E-state index in [-0.39, 0.29) is 5.91 Å². The Bertz CT molecular complexity index is 674. The lowest BCUT2D eigenvalue weighted by Gasteiger charge is -2.20. The zero-order valence-corrected chi connectivity index (χ0v) is 14.6. The van der Waals surface area contributed by atoms with E-state index < -0.39 is 0 Å². The van der Waals surface area contributed by atoms with E-state index in [1.807, 2.05) is 30.3 Å². The molecule has 0 N–H and O–H groups in total. The van der Waals surface area contributed by atoms with Crippen molar-refractivity contribution in [2.24, 2.45) is 4.99 Å². The first-order valence-corrected chi connectivity index (χ1v) is 9.20. The van der Waals surface area contributed by atoms with E-state index in [0.717, 1.165) is 29.6 Å². The second-order valence-electron chi connectivity index (χ2n) is 5.85. The van der Waals surface area contributed by atoms with Gasteiger partial charge in [-0.25, -0.2) is 0 Å². The third-order valence-electron chi connectivity index (χ3n) is 4.05. The predicted molar refractivity (Wildman–Crippen MR) is 100 cm³/mol. The number of para-hydroxylation sites is 1. The van der Waals surface area contributed by atoms with Gasteiger partial charge in [0.2, 0.25) is 0 Å². The molecule has 2 heterocycles. The molecule has 0 bridgehead atoms. The van der Waals surface area contributed by atoms with Gasteiger partial charge < -0.3 is 9.64 Å². The molecule has 24 heavy (non-hydrogen) atoms. The number of hydrogen-bond donors (Lipinski definition) is 0. The number of carbonyl (C=O) groups excluding carboxylic acids is 1. The molecule has 2 aliphatic heterocycles. The lowest BCUT2D eigenvalue weighted by molar-refractivity contribution is -0.113. The Hall–Kier alpha value is -2.01. The first-order chi connectivity index (χ1) is 11.8. The SMILES string of the molecule is C=CCOc1ccccc1/C=C1/SC(N2CCCCCC2)=NC1=O. The molecular weight excluding hydrogens is 320 g/mol. The van der Waals surface area contributed by atoms with Crippen molar-refractivity contribution in [1.29, 1.82) is 0 Å². The maximum atomic E-state index is 12.3. The topological polar surface area (TPSA) is 41.9 Å². The number of ether oxygens (including phenoxy) is 1. The van der Waals surface area contributed by atoms with Crippen LogP contribution in [0.2, 0.25) is 0 Å². The number of amidine groups is 1. The number of amides is 1. The Labute approximate surface area is 147 Å². The summed E-state index contributed by atoms with van der Waals surface area (Å²) in [6.07, 6.45) is 8.45. The van der Waals surface area contributed by atoms with Gasteiger partial charge in [-0.05, 0) is 36.7 Å². The molecular formula is C19H22N2O2S. The Morgan fingerprint density at radius 3 is 2.71 bits per heavy atom. The van der Waals surface area contributed by atoms with Crippen molar-refractivity contribution in [2.45, 2.75) is 25.7 Å². The Balaban J connectivity index is 1.75. The minimum atomic E-state index is -0.155. The van der Waals surface area contributed by atoms with Crippen molar-refractivity contribution in [2.75, 3.05) is 19.7 Å². The van der Waals surface area contributed by atoms with Gasteiger partial charge in [0.05, 0.1) is 4.91 Å². The summed E-state index contributed by atoms with van der Waals surface area (Å²) >= 11 is 1.47. The fraction of sp³-hybridized carbons (Fsp3) is 0.368. The first-order valence-electron chi connectivity index (χ1n) is 8.38. The molecule has 0 unspecified atom stereocenters. The molecule has 4 nitrogen and oxygen atoms in total. The van der Waals surface area contributed by atoms with Gasteiger partial charge in [-0.15, -0.1) is 0 Å². The van der Waals surface area contributed by atoms with Gasteiger partial charge in [0, 0.05) is 18.7 Å². The number of benzene rings is 1. The Morgan fingerprint density at radius 2 is 1.96 bits per heavy atom. The fourth-order valence-corrected chi connectivity index (χ4v) is 3.77. The highest BCUT2D eigenvalue weighted by atomic mass is 32.2. The number of carbonyl (C=O) groups is 1. The Morgan fingerprint density at radius 1 is 1.21 bits per heavy atom. The van der Waals surface area contributed by atoms with E-state index in [9.17, 15) is 4.79 Å². The molecule has 3 rings (SSSR count). The van der Waals surface area contributed by atoms with Crippen LogP contribution in [0, 0.1) is 0 Å². The van der Waals surface area contributed by atoms with Crippen LogP contribution in [-0.4, -0.2) is 35.7 Å². The molecule has 0 aromatic heterocycles. The van der Waals surface area contributed by atoms with E-state index in [2.05, 4.69) is 16.5 Å². The smallest absolute Gasteiger partial charge is 0.286 e. The van der Waals surface area contributed by atoms with Crippen LogP contribution in [0.4, 0.5) is 0 Å². The third kappa shape index (κ3) is 4.09. The van der Waals surface area contributed by atoms with Crippen molar-refractivity contribution in [3.8, 4) is 5.75 Å². The number of nitrogens with zero attached hydrogens (tertiary/aromatic N) is 2. The van der Waals surface area contributed by atoms with Gasteiger partial charge in [0.15, 0.2) is 5.17 Å². The van der Waals surface area contributed by atoms with Crippen LogP contribution < -0.4 is 4.74 Å². The van der Waals surface area contributed by atoms with E-state index in [4.69, 9.17) is 4.74 Å². The molecule has 1 aromatic rings. The second kappa shape index (κ2) is 8.20. The summed E-state index contributed by atoms with van der Waals surface area (Å²) < 4.78 is 5.66. The molecule has 0 radical (unpaired) electrons. The summed E-state index contributed by atoms with van der Waals surface area (Å²) in [6.45, 7) is 6.09. The molecule has 0 saturated carbocycles. The Kier molecular flexibility index (Phi) is 5.75. The summed E-state index contributed by atoms with van der Waals surface area (Å²) in [5.74, 6) is 0.597. The molecule has 1 aromatic carbocycles. The first kappa shape index (κ1) is 16.8. The average molecular weight is 342 g/mol. The summed E-state index contributed by atoms with van der Waals surface area (Å²) in [5, 5.41) is 0.845. The van der Waals surface area contributed by atoms with E-state index >= 15 is 0 Å². The standard InChI is InChI=1S/C19H22N2O2S/c1-2-13-23-16-10-6-5-9-15(16)14-17-18(22)20-19(24-17)21-11-7-3-4-8-12-21/h2,5-6,9-10,14H,1,3-4,7-8,11-13H2/b17-14+. The highest BCUT2D eigenvalue weighted by Crippen LogP contribution is 2.33. The van der Waals surface area contributed by atoms with Crippen LogP contribution in [-0.2, 0) is 4.79 Å². The lowest BCUT2D eigenvalue weighted by Crippen LogP contribution is -2.28. The maximum Gasteiger partial charge on any atom is 0.286 e.